The summed E-state index contributed by atoms with van der Waals surface area (Å²) in [7, 11) is 1.36. The summed E-state index contributed by atoms with van der Waals surface area (Å²) < 4.78 is 4.66. The largest absolute Gasteiger partial charge is 0.453 e. The number of carbonyl (C=O) groups excluding carboxylic acids is 2. The van der Waals surface area contributed by atoms with Crippen LogP contribution in [0, 0.1) is 18.8 Å². The van der Waals surface area contributed by atoms with E-state index in [1.807, 2.05) is 6.92 Å². The minimum Gasteiger partial charge on any atom is -0.453 e. The van der Waals surface area contributed by atoms with Crippen molar-refractivity contribution in [2.24, 2.45) is 11.8 Å². The fraction of sp³-hybridized carbons (Fsp3) is 0.600. The maximum atomic E-state index is 12.9. The van der Waals surface area contributed by atoms with Gasteiger partial charge in [-0.15, -0.1) is 0 Å². The van der Waals surface area contributed by atoms with Crippen LogP contribution in [0.25, 0.3) is 0 Å². The Morgan fingerprint density at radius 1 is 1.28 bits per heavy atom. The molecule has 25 heavy (non-hydrogen) atoms. The van der Waals surface area contributed by atoms with Crippen molar-refractivity contribution in [2.75, 3.05) is 20.2 Å². The molecule has 4 rings (SSSR count). The number of piperidine rings is 1. The van der Waals surface area contributed by atoms with Gasteiger partial charge in [0, 0.05) is 30.0 Å². The molecule has 2 unspecified atom stereocenters. The molecule has 2 amide bonds. The van der Waals surface area contributed by atoms with Crippen molar-refractivity contribution in [1.29, 1.82) is 0 Å². The van der Waals surface area contributed by atoms with E-state index in [0.29, 0.717) is 18.8 Å². The van der Waals surface area contributed by atoms with Gasteiger partial charge in [0.15, 0.2) is 0 Å². The van der Waals surface area contributed by atoms with Crippen LogP contribution in [-0.4, -0.2) is 42.6 Å². The number of alkyl carbamates (subject to hydrolysis) is 1. The monoisotopic (exact) mass is 342 g/mol. The number of nitrogens with one attached hydrogen (secondary N) is 1. The molecule has 2 atom stereocenters. The Labute approximate surface area is 148 Å². The molecule has 0 spiro atoms. The number of rotatable bonds is 3. The standard InChI is InChI=1S/C20H26N2O3/c1-13-5-4-6-15(7-13)20-10-16(20)11-22(12-20)17(23)14-8-19(2,9-14)21-18(24)25-3/h4-7,14,16H,8-12H2,1-3H3,(H,21,24)/t14-,16?,19+,20?. The molecular weight excluding hydrogens is 316 g/mol. The highest BCUT2D eigenvalue weighted by atomic mass is 16.5. The number of benzene rings is 1. The molecule has 1 heterocycles. The molecule has 1 aromatic rings. The van der Waals surface area contributed by atoms with Crippen molar-refractivity contribution in [2.45, 2.75) is 44.1 Å². The van der Waals surface area contributed by atoms with E-state index in [1.54, 1.807) is 0 Å². The van der Waals surface area contributed by atoms with Gasteiger partial charge in [0.25, 0.3) is 0 Å². The SMILES string of the molecule is COC(=O)N[C@]1(C)C[C@H](C(=O)N2CC3CC3(c3cccc(C)c3)C2)C1. The Kier molecular flexibility index (Phi) is 3.60. The van der Waals surface area contributed by atoms with E-state index in [0.717, 1.165) is 13.1 Å². The lowest BCUT2D eigenvalue weighted by atomic mass is 9.69. The fourth-order valence-electron chi connectivity index (χ4n) is 4.91. The molecule has 134 valence electrons. The molecule has 2 aliphatic carbocycles. The van der Waals surface area contributed by atoms with Gasteiger partial charge in [0.2, 0.25) is 5.91 Å². The first-order valence-electron chi connectivity index (χ1n) is 9.07. The molecule has 1 N–H and O–H groups in total. The van der Waals surface area contributed by atoms with Gasteiger partial charge in [-0.1, -0.05) is 29.8 Å². The molecule has 1 aliphatic heterocycles. The summed E-state index contributed by atoms with van der Waals surface area (Å²) in [5, 5.41) is 2.84. The van der Waals surface area contributed by atoms with Crippen LogP contribution >= 0.6 is 0 Å². The summed E-state index contributed by atoms with van der Waals surface area (Å²) >= 11 is 0. The molecule has 3 fully saturated rings. The Hall–Kier alpha value is -2.04. The van der Waals surface area contributed by atoms with Crippen molar-refractivity contribution in [3.05, 3.63) is 35.4 Å². The number of carbonyl (C=O) groups is 2. The number of likely N-dealkylation sites (tertiary alicyclic amines) is 1. The van der Waals surface area contributed by atoms with Gasteiger partial charge >= 0.3 is 6.09 Å². The molecule has 0 bridgehead atoms. The number of hydrogen-bond acceptors (Lipinski definition) is 3. The predicted octanol–water partition coefficient (Wildman–Crippen LogP) is 2.62. The van der Waals surface area contributed by atoms with E-state index in [-0.39, 0.29) is 22.8 Å². The minimum absolute atomic E-state index is 0.0224. The molecule has 2 saturated carbocycles. The average molecular weight is 342 g/mol. The van der Waals surface area contributed by atoms with Crippen molar-refractivity contribution >= 4 is 12.0 Å². The number of nitrogens with zero attached hydrogens (tertiary/aromatic N) is 1. The third-order valence-corrected chi connectivity index (χ3v) is 6.38. The van der Waals surface area contributed by atoms with Crippen molar-refractivity contribution < 1.29 is 14.3 Å². The molecule has 5 nitrogen and oxygen atoms in total. The van der Waals surface area contributed by atoms with Crippen molar-refractivity contribution in [3.8, 4) is 0 Å². The first-order valence-corrected chi connectivity index (χ1v) is 9.07. The number of amides is 2. The third kappa shape index (κ3) is 2.70. The zero-order valence-electron chi connectivity index (χ0n) is 15.2. The second-order valence-corrected chi connectivity index (χ2v) is 8.43. The van der Waals surface area contributed by atoms with Crippen molar-refractivity contribution in [3.63, 3.8) is 0 Å². The average Bonchev–Trinajstić information content (AvgIpc) is 3.13. The van der Waals surface area contributed by atoms with E-state index >= 15 is 0 Å². The Bertz CT molecular complexity index is 725. The topological polar surface area (TPSA) is 58.6 Å². The Morgan fingerprint density at radius 2 is 2.04 bits per heavy atom. The zero-order valence-corrected chi connectivity index (χ0v) is 15.2. The Morgan fingerprint density at radius 3 is 2.72 bits per heavy atom. The van der Waals surface area contributed by atoms with Gasteiger partial charge in [-0.3, -0.25) is 4.79 Å². The highest BCUT2D eigenvalue weighted by Gasteiger charge is 2.62. The fourth-order valence-corrected chi connectivity index (χ4v) is 4.91. The van der Waals surface area contributed by atoms with E-state index in [1.165, 1.54) is 24.7 Å². The molecule has 1 aromatic carbocycles. The molecule has 5 heteroatoms. The second-order valence-electron chi connectivity index (χ2n) is 8.43. The normalized spacial score (nSPS) is 35.6. The summed E-state index contributed by atoms with van der Waals surface area (Å²) in [6.45, 7) is 5.82. The van der Waals surface area contributed by atoms with Crippen LogP contribution in [0.15, 0.2) is 24.3 Å². The molecule has 1 saturated heterocycles. The van der Waals surface area contributed by atoms with E-state index in [4.69, 9.17) is 0 Å². The smallest absolute Gasteiger partial charge is 0.407 e. The first kappa shape index (κ1) is 16.4. The Balaban J connectivity index is 1.38. The van der Waals surface area contributed by atoms with Gasteiger partial charge in [0.1, 0.15) is 0 Å². The summed E-state index contributed by atoms with van der Waals surface area (Å²) in [6, 6.07) is 8.73. The number of methoxy groups -OCH3 is 1. The van der Waals surface area contributed by atoms with Crippen LogP contribution in [0.4, 0.5) is 4.79 Å². The summed E-state index contributed by atoms with van der Waals surface area (Å²) in [5.41, 5.74) is 2.55. The van der Waals surface area contributed by atoms with Gasteiger partial charge in [0.05, 0.1) is 7.11 Å². The quantitative estimate of drug-likeness (QED) is 0.919. The maximum absolute atomic E-state index is 12.9. The number of fused-ring (bicyclic) bond motifs is 1. The lowest BCUT2D eigenvalue weighted by molar-refractivity contribution is -0.140. The van der Waals surface area contributed by atoms with Crippen LogP contribution in [-0.2, 0) is 14.9 Å². The summed E-state index contributed by atoms with van der Waals surface area (Å²) in [4.78, 5) is 26.3. The lowest BCUT2D eigenvalue weighted by Gasteiger charge is -2.45. The second kappa shape index (κ2) is 5.48. The van der Waals surface area contributed by atoms with E-state index < -0.39 is 6.09 Å². The van der Waals surface area contributed by atoms with Crippen LogP contribution in [0.1, 0.15) is 37.3 Å². The van der Waals surface area contributed by atoms with E-state index in [9.17, 15) is 9.59 Å². The highest BCUT2D eigenvalue weighted by molar-refractivity contribution is 5.82. The van der Waals surface area contributed by atoms with Gasteiger partial charge in [-0.2, -0.15) is 0 Å². The molecule has 0 aromatic heterocycles. The molecule has 3 aliphatic rings. The number of hydrogen-bond donors (Lipinski definition) is 1. The van der Waals surface area contributed by atoms with Crippen molar-refractivity contribution in [1.82, 2.24) is 10.2 Å². The number of aryl methyl sites for hydroxylation is 1. The zero-order chi connectivity index (χ0) is 17.8. The molecule has 0 radical (unpaired) electrons. The van der Waals surface area contributed by atoms with Gasteiger partial charge in [-0.05, 0) is 44.6 Å². The maximum Gasteiger partial charge on any atom is 0.407 e. The highest BCUT2D eigenvalue weighted by Crippen LogP contribution is 2.59. The van der Waals surface area contributed by atoms with Crippen LogP contribution in [0.2, 0.25) is 0 Å². The van der Waals surface area contributed by atoms with E-state index in [2.05, 4.69) is 46.1 Å². The van der Waals surface area contributed by atoms with Crippen LogP contribution in [0.5, 0.6) is 0 Å². The van der Waals surface area contributed by atoms with Gasteiger partial charge in [-0.25, -0.2) is 4.79 Å². The van der Waals surface area contributed by atoms with Gasteiger partial charge < -0.3 is 15.0 Å². The summed E-state index contributed by atoms with van der Waals surface area (Å²) in [5.74, 6) is 0.885. The predicted molar refractivity (Wildman–Crippen MR) is 94.2 cm³/mol. The lowest BCUT2D eigenvalue weighted by Crippen LogP contribution is -2.58. The minimum atomic E-state index is -0.422. The van der Waals surface area contributed by atoms with Crippen LogP contribution in [0.3, 0.4) is 0 Å². The third-order valence-electron chi connectivity index (χ3n) is 6.38. The summed E-state index contributed by atoms with van der Waals surface area (Å²) in [6.07, 6.45) is 2.17. The first-order chi connectivity index (χ1) is 11.8. The molecular formula is C20H26N2O3. The van der Waals surface area contributed by atoms with Crippen LogP contribution < -0.4 is 5.32 Å². The number of ether oxygens (including phenoxy) is 1.